The largest absolute Gasteiger partial charge is 0.206 e. The van der Waals surface area contributed by atoms with E-state index in [2.05, 4.69) is 68.7 Å². The molecule has 0 saturated heterocycles. The van der Waals surface area contributed by atoms with Crippen molar-refractivity contribution in [2.45, 2.75) is 65.7 Å². The summed E-state index contributed by atoms with van der Waals surface area (Å²) in [6.07, 6.45) is 6.74. The Labute approximate surface area is 203 Å². The summed E-state index contributed by atoms with van der Waals surface area (Å²) < 4.78 is 29.0. The third-order valence-electron chi connectivity index (χ3n) is 5.82. The van der Waals surface area contributed by atoms with Crippen molar-refractivity contribution in [2.24, 2.45) is 0 Å². The highest BCUT2D eigenvalue weighted by Gasteiger charge is 2.09. The maximum absolute atomic E-state index is 14.5. The van der Waals surface area contributed by atoms with E-state index < -0.39 is 11.6 Å². The van der Waals surface area contributed by atoms with Gasteiger partial charge in [0.1, 0.15) is 11.6 Å². The lowest BCUT2D eigenvalue weighted by atomic mass is 10.0. The topological polar surface area (TPSA) is 0 Å². The fourth-order valence-electron chi connectivity index (χ4n) is 3.87. The second-order valence-electron chi connectivity index (χ2n) is 8.56. The highest BCUT2D eigenvalue weighted by molar-refractivity contribution is 5.52. The number of aryl methyl sites for hydroxylation is 3. The molecular formula is C32H32F2. The molecule has 0 heterocycles. The zero-order valence-electron chi connectivity index (χ0n) is 20.4. The molecule has 3 aromatic carbocycles. The molecule has 2 heteroatoms. The lowest BCUT2D eigenvalue weighted by Gasteiger charge is -2.04. The zero-order chi connectivity index (χ0) is 24.3. The fourth-order valence-corrected chi connectivity index (χ4v) is 3.87. The van der Waals surface area contributed by atoms with Crippen LogP contribution >= 0.6 is 0 Å². The van der Waals surface area contributed by atoms with E-state index in [-0.39, 0.29) is 5.56 Å². The highest BCUT2D eigenvalue weighted by Crippen LogP contribution is 2.18. The minimum Gasteiger partial charge on any atom is -0.206 e. The van der Waals surface area contributed by atoms with Gasteiger partial charge in [-0.1, -0.05) is 75.8 Å². The Balaban J connectivity index is 1.79. The molecule has 0 radical (unpaired) electrons. The van der Waals surface area contributed by atoms with E-state index in [1.165, 1.54) is 17.7 Å². The van der Waals surface area contributed by atoms with E-state index >= 15 is 0 Å². The molecule has 3 aromatic rings. The summed E-state index contributed by atoms with van der Waals surface area (Å²) in [5.41, 5.74) is 5.54. The molecule has 0 N–H and O–H groups in total. The van der Waals surface area contributed by atoms with Crippen molar-refractivity contribution in [3.63, 3.8) is 0 Å². The fraction of sp³-hybridized carbons (Fsp3) is 0.312. The monoisotopic (exact) mass is 454 g/mol. The van der Waals surface area contributed by atoms with Crippen molar-refractivity contribution in [2.75, 3.05) is 0 Å². The standard InChI is InChI=1S/C32H32F2/c1-4-7-8-10-27-22-31(33)30(32(34)23-27)20-17-26-16-19-29(28(6-3)21-26)18-15-25-13-11-24(9-5-2)12-14-25/h11-14,16,19,21-23H,4-10H2,1-3H3. The number of benzene rings is 3. The summed E-state index contributed by atoms with van der Waals surface area (Å²) in [5.74, 6) is 10.9. The van der Waals surface area contributed by atoms with Gasteiger partial charge in [0.25, 0.3) is 0 Å². The van der Waals surface area contributed by atoms with Gasteiger partial charge in [0.05, 0.1) is 5.56 Å². The van der Waals surface area contributed by atoms with E-state index in [0.29, 0.717) is 12.0 Å². The first-order valence-electron chi connectivity index (χ1n) is 12.3. The molecule has 0 aliphatic rings. The number of unbranched alkanes of at least 4 members (excludes halogenated alkanes) is 2. The van der Waals surface area contributed by atoms with Crippen LogP contribution < -0.4 is 0 Å². The molecular weight excluding hydrogens is 422 g/mol. The first kappa shape index (κ1) is 25.3. The van der Waals surface area contributed by atoms with Crippen molar-refractivity contribution >= 4 is 0 Å². The minimum atomic E-state index is -0.595. The van der Waals surface area contributed by atoms with Crippen LogP contribution in [0, 0.1) is 35.3 Å². The van der Waals surface area contributed by atoms with Crippen molar-refractivity contribution in [3.05, 3.63) is 105 Å². The van der Waals surface area contributed by atoms with Gasteiger partial charge in [-0.25, -0.2) is 8.78 Å². The van der Waals surface area contributed by atoms with Gasteiger partial charge in [0.15, 0.2) is 0 Å². The average molecular weight is 455 g/mol. The Bertz CT molecular complexity index is 1200. The van der Waals surface area contributed by atoms with Crippen molar-refractivity contribution in [3.8, 4) is 23.7 Å². The average Bonchev–Trinajstić information content (AvgIpc) is 2.84. The second kappa shape index (κ2) is 12.8. The quantitative estimate of drug-likeness (QED) is 0.250. The molecule has 0 aliphatic carbocycles. The number of halogens is 2. The van der Waals surface area contributed by atoms with E-state index in [0.717, 1.165) is 60.8 Å². The maximum Gasteiger partial charge on any atom is 0.142 e. The van der Waals surface area contributed by atoms with Gasteiger partial charge < -0.3 is 0 Å². The van der Waals surface area contributed by atoms with Crippen LogP contribution in [0.3, 0.4) is 0 Å². The van der Waals surface area contributed by atoms with E-state index in [1.807, 2.05) is 18.2 Å². The minimum absolute atomic E-state index is 0.173. The van der Waals surface area contributed by atoms with Gasteiger partial charge in [0.2, 0.25) is 0 Å². The summed E-state index contributed by atoms with van der Waals surface area (Å²) in [5, 5.41) is 0. The molecule has 0 bridgehead atoms. The van der Waals surface area contributed by atoms with Crippen LogP contribution in [0.15, 0.2) is 54.6 Å². The number of hydrogen-bond donors (Lipinski definition) is 0. The molecule has 0 atom stereocenters. The van der Waals surface area contributed by atoms with Gasteiger partial charge in [-0.15, -0.1) is 0 Å². The summed E-state index contributed by atoms with van der Waals surface area (Å²) in [7, 11) is 0. The predicted octanol–water partition coefficient (Wildman–Crippen LogP) is 8.01. The molecule has 0 unspecified atom stereocenters. The van der Waals surface area contributed by atoms with E-state index in [4.69, 9.17) is 0 Å². The second-order valence-corrected chi connectivity index (χ2v) is 8.56. The number of rotatable bonds is 7. The lowest BCUT2D eigenvalue weighted by molar-refractivity contribution is 0.572. The first-order chi connectivity index (χ1) is 16.5. The molecule has 174 valence electrons. The van der Waals surface area contributed by atoms with Crippen LogP contribution in [0.2, 0.25) is 0 Å². The lowest BCUT2D eigenvalue weighted by Crippen LogP contribution is -1.95. The Hall–Kier alpha value is -3.36. The molecule has 0 saturated carbocycles. The molecule has 34 heavy (non-hydrogen) atoms. The van der Waals surface area contributed by atoms with Crippen LogP contribution in [0.4, 0.5) is 8.78 Å². The van der Waals surface area contributed by atoms with Crippen molar-refractivity contribution in [1.29, 1.82) is 0 Å². The van der Waals surface area contributed by atoms with Crippen LogP contribution in [0.25, 0.3) is 0 Å². The number of hydrogen-bond acceptors (Lipinski definition) is 0. The van der Waals surface area contributed by atoms with Gasteiger partial charge >= 0.3 is 0 Å². The van der Waals surface area contributed by atoms with Crippen LogP contribution in [0.1, 0.15) is 85.4 Å². The van der Waals surface area contributed by atoms with Gasteiger partial charge in [-0.3, -0.25) is 0 Å². The first-order valence-corrected chi connectivity index (χ1v) is 12.3. The molecule has 0 aliphatic heterocycles. The van der Waals surface area contributed by atoms with Gasteiger partial charge in [-0.2, -0.15) is 0 Å². The SMILES string of the molecule is CCCCCc1cc(F)c(C#Cc2ccc(C#Cc3ccc(CCC)cc3)c(CC)c2)c(F)c1. The van der Waals surface area contributed by atoms with Crippen LogP contribution in [-0.2, 0) is 19.3 Å². The molecule has 0 spiro atoms. The van der Waals surface area contributed by atoms with Crippen LogP contribution in [0.5, 0.6) is 0 Å². The van der Waals surface area contributed by atoms with E-state index in [9.17, 15) is 8.78 Å². The van der Waals surface area contributed by atoms with Crippen molar-refractivity contribution < 1.29 is 8.78 Å². The molecule has 0 nitrogen and oxygen atoms in total. The maximum atomic E-state index is 14.5. The third-order valence-corrected chi connectivity index (χ3v) is 5.82. The summed E-state index contributed by atoms with van der Waals surface area (Å²) >= 11 is 0. The Morgan fingerprint density at radius 1 is 0.618 bits per heavy atom. The molecule has 3 rings (SSSR count). The highest BCUT2D eigenvalue weighted by atomic mass is 19.1. The summed E-state index contributed by atoms with van der Waals surface area (Å²) in [4.78, 5) is 0. The molecule has 0 aromatic heterocycles. The normalized spacial score (nSPS) is 10.3. The smallest absolute Gasteiger partial charge is 0.142 e. The zero-order valence-corrected chi connectivity index (χ0v) is 20.4. The Morgan fingerprint density at radius 3 is 1.94 bits per heavy atom. The summed E-state index contributed by atoms with van der Waals surface area (Å²) in [6.45, 7) is 6.34. The third kappa shape index (κ3) is 7.07. The molecule has 0 fully saturated rings. The van der Waals surface area contributed by atoms with Gasteiger partial charge in [-0.05, 0) is 84.8 Å². The van der Waals surface area contributed by atoms with Gasteiger partial charge in [0, 0.05) is 16.7 Å². The summed E-state index contributed by atoms with van der Waals surface area (Å²) in [6, 6.07) is 16.9. The Kier molecular flexibility index (Phi) is 9.49. The van der Waals surface area contributed by atoms with Crippen molar-refractivity contribution in [1.82, 2.24) is 0 Å². The molecule has 0 amide bonds. The van der Waals surface area contributed by atoms with Crippen LogP contribution in [-0.4, -0.2) is 0 Å². The predicted molar refractivity (Wildman–Crippen MR) is 138 cm³/mol. The Morgan fingerprint density at radius 2 is 1.29 bits per heavy atom. The van der Waals surface area contributed by atoms with E-state index in [1.54, 1.807) is 0 Å².